The highest BCUT2D eigenvalue weighted by molar-refractivity contribution is 6.30. The van der Waals surface area contributed by atoms with Crippen molar-refractivity contribution in [3.8, 4) is 0 Å². The van der Waals surface area contributed by atoms with Gasteiger partial charge < -0.3 is 4.98 Å². The molecule has 0 aromatic carbocycles. The summed E-state index contributed by atoms with van der Waals surface area (Å²) in [7, 11) is 0. The van der Waals surface area contributed by atoms with Crippen molar-refractivity contribution >= 4 is 33.5 Å². The Morgan fingerprint density at radius 2 is 2.12 bits per heavy atom. The Balaban J connectivity index is 2.60. The third kappa shape index (κ3) is 1.20. The van der Waals surface area contributed by atoms with E-state index in [2.05, 4.69) is 15.0 Å². The van der Waals surface area contributed by atoms with E-state index in [1.165, 1.54) is 6.20 Å². The number of aromatic nitrogens is 3. The van der Waals surface area contributed by atoms with Gasteiger partial charge in [-0.15, -0.1) is 0 Å². The lowest BCUT2D eigenvalue weighted by Gasteiger charge is -1.97. The van der Waals surface area contributed by atoms with Gasteiger partial charge in [0.05, 0.1) is 17.9 Å². The molecule has 3 heterocycles. The van der Waals surface area contributed by atoms with E-state index >= 15 is 0 Å². The summed E-state index contributed by atoms with van der Waals surface area (Å²) in [6, 6.07) is 1.71. The molecule has 0 bridgehead atoms. The van der Waals surface area contributed by atoms with Crippen molar-refractivity contribution in [3.05, 3.63) is 35.0 Å². The normalized spacial score (nSPS) is 11.4. The first-order valence-corrected chi connectivity index (χ1v) is 5.12. The molecule has 3 aromatic heterocycles. The van der Waals surface area contributed by atoms with Crippen LogP contribution in [0, 0.1) is 12.7 Å². The molecule has 0 unspecified atom stereocenters. The van der Waals surface area contributed by atoms with E-state index in [0.29, 0.717) is 16.4 Å². The van der Waals surface area contributed by atoms with Crippen LogP contribution in [0.2, 0.25) is 5.15 Å². The average molecular weight is 236 g/mol. The molecule has 3 rings (SSSR count). The van der Waals surface area contributed by atoms with Crippen LogP contribution in [-0.2, 0) is 0 Å². The van der Waals surface area contributed by atoms with Crippen molar-refractivity contribution in [1.82, 2.24) is 15.0 Å². The summed E-state index contributed by atoms with van der Waals surface area (Å²) in [6.45, 7) is 1.72. The van der Waals surface area contributed by atoms with Crippen LogP contribution in [0.25, 0.3) is 21.9 Å². The van der Waals surface area contributed by atoms with Gasteiger partial charge in [0.25, 0.3) is 0 Å². The Hall–Kier alpha value is -1.68. The third-order valence-corrected chi connectivity index (χ3v) is 2.88. The van der Waals surface area contributed by atoms with Crippen LogP contribution >= 0.6 is 11.6 Å². The van der Waals surface area contributed by atoms with Crippen molar-refractivity contribution in [3.63, 3.8) is 0 Å². The fraction of sp³-hybridized carbons (Fsp3) is 0.0909. The average Bonchev–Trinajstić information content (AvgIpc) is 2.62. The SMILES string of the molecule is Cc1c(F)cnc2[nH]c3cnc(Cl)cc3c12. The predicted octanol–water partition coefficient (Wildman–Crippen LogP) is 3.21. The molecule has 0 aliphatic rings. The van der Waals surface area contributed by atoms with Gasteiger partial charge in [0.2, 0.25) is 0 Å². The summed E-state index contributed by atoms with van der Waals surface area (Å²) in [6.07, 6.45) is 2.83. The van der Waals surface area contributed by atoms with Gasteiger partial charge in [-0.05, 0) is 18.6 Å². The minimum absolute atomic E-state index is 0.318. The molecule has 0 amide bonds. The maximum Gasteiger partial charge on any atom is 0.145 e. The van der Waals surface area contributed by atoms with Gasteiger partial charge in [0.1, 0.15) is 16.6 Å². The number of nitrogens with one attached hydrogen (secondary N) is 1. The van der Waals surface area contributed by atoms with Gasteiger partial charge in [0, 0.05) is 10.8 Å². The quantitative estimate of drug-likeness (QED) is 0.608. The molecule has 80 valence electrons. The number of halogens is 2. The minimum atomic E-state index is -0.318. The molecular weight excluding hydrogens is 229 g/mol. The summed E-state index contributed by atoms with van der Waals surface area (Å²) in [5.41, 5.74) is 2.03. The Morgan fingerprint density at radius 1 is 1.31 bits per heavy atom. The molecule has 1 N–H and O–H groups in total. The van der Waals surface area contributed by atoms with E-state index in [1.54, 1.807) is 19.2 Å². The smallest absolute Gasteiger partial charge is 0.145 e. The molecule has 0 aliphatic heterocycles. The molecule has 0 atom stereocenters. The number of hydrogen-bond acceptors (Lipinski definition) is 2. The van der Waals surface area contributed by atoms with E-state index in [0.717, 1.165) is 16.3 Å². The lowest BCUT2D eigenvalue weighted by atomic mass is 10.1. The number of aromatic amines is 1. The van der Waals surface area contributed by atoms with Crippen molar-refractivity contribution in [2.24, 2.45) is 0 Å². The second kappa shape index (κ2) is 3.15. The molecule has 3 aromatic rings. The van der Waals surface area contributed by atoms with Gasteiger partial charge in [-0.1, -0.05) is 11.6 Å². The molecule has 0 spiro atoms. The highest BCUT2D eigenvalue weighted by atomic mass is 35.5. The topological polar surface area (TPSA) is 41.6 Å². The molecular formula is C11H7ClFN3. The lowest BCUT2D eigenvalue weighted by molar-refractivity contribution is 0.615. The monoisotopic (exact) mass is 235 g/mol. The van der Waals surface area contributed by atoms with Crippen LogP contribution in [0.1, 0.15) is 5.56 Å². The van der Waals surface area contributed by atoms with Crippen LogP contribution in [-0.4, -0.2) is 15.0 Å². The highest BCUT2D eigenvalue weighted by Crippen LogP contribution is 2.28. The summed E-state index contributed by atoms with van der Waals surface area (Å²) in [5.74, 6) is -0.318. The molecule has 0 radical (unpaired) electrons. The van der Waals surface area contributed by atoms with Crippen LogP contribution < -0.4 is 0 Å². The number of aryl methyl sites for hydroxylation is 1. The first-order valence-electron chi connectivity index (χ1n) is 4.75. The summed E-state index contributed by atoms with van der Waals surface area (Å²) in [5, 5.41) is 2.00. The van der Waals surface area contributed by atoms with Gasteiger partial charge in [0.15, 0.2) is 0 Å². The third-order valence-electron chi connectivity index (χ3n) is 2.67. The second-order valence-corrected chi connectivity index (χ2v) is 4.02. The van der Waals surface area contributed by atoms with Gasteiger partial charge in [-0.25, -0.2) is 14.4 Å². The number of H-pyrrole nitrogens is 1. The van der Waals surface area contributed by atoms with E-state index in [1.807, 2.05) is 0 Å². The molecule has 16 heavy (non-hydrogen) atoms. The zero-order valence-corrected chi connectivity index (χ0v) is 9.14. The lowest BCUT2D eigenvalue weighted by Crippen LogP contribution is -1.86. The van der Waals surface area contributed by atoms with Gasteiger partial charge in [-0.3, -0.25) is 0 Å². The van der Waals surface area contributed by atoms with Crippen LogP contribution in [0.5, 0.6) is 0 Å². The fourth-order valence-electron chi connectivity index (χ4n) is 1.87. The molecule has 3 nitrogen and oxygen atoms in total. The highest BCUT2D eigenvalue weighted by Gasteiger charge is 2.11. The first-order chi connectivity index (χ1) is 7.66. The van der Waals surface area contributed by atoms with E-state index in [4.69, 9.17) is 11.6 Å². The molecule has 0 aliphatic carbocycles. The van der Waals surface area contributed by atoms with Gasteiger partial charge in [-0.2, -0.15) is 0 Å². The minimum Gasteiger partial charge on any atom is -0.338 e. The predicted molar refractivity (Wildman–Crippen MR) is 61.1 cm³/mol. The molecule has 0 fully saturated rings. The Bertz CT molecular complexity index is 705. The Labute approximate surface area is 95.3 Å². The molecule has 5 heteroatoms. The summed E-state index contributed by atoms with van der Waals surface area (Å²) < 4.78 is 13.4. The standard InChI is InChI=1S/C11H7ClFN3/c1-5-7(13)3-15-11-10(5)6-2-9(12)14-4-8(6)16-11/h2-4H,1H3,(H,15,16). The Kier molecular flexibility index (Phi) is 1.88. The van der Waals surface area contributed by atoms with E-state index in [-0.39, 0.29) is 5.82 Å². The van der Waals surface area contributed by atoms with Gasteiger partial charge >= 0.3 is 0 Å². The number of hydrogen-bond donors (Lipinski definition) is 1. The number of pyridine rings is 2. The zero-order chi connectivity index (χ0) is 11.3. The van der Waals surface area contributed by atoms with Crippen molar-refractivity contribution in [2.45, 2.75) is 6.92 Å². The fourth-order valence-corrected chi connectivity index (χ4v) is 2.03. The Morgan fingerprint density at radius 3 is 2.94 bits per heavy atom. The number of rotatable bonds is 0. The number of nitrogens with zero attached hydrogens (tertiary/aromatic N) is 2. The largest absolute Gasteiger partial charge is 0.338 e. The number of fused-ring (bicyclic) bond motifs is 3. The van der Waals surface area contributed by atoms with Crippen molar-refractivity contribution in [2.75, 3.05) is 0 Å². The zero-order valence-electron chi connectivity index (χ0n) is 8.38. The van der Waals surface area contributed by atoms with Crippen molar-refractivity contribution < 1.29 is 4.39 Å². The molecule has 0 saturated heterocycles. The first kappa shape index (κ1) is 9.54. The van der Waals surface area contributed by atoms with Crippen molar-refractivity contribution in [1.29, 1.82) is 0 Å². The van der Waals surface area contributed by atoms with E-state index in [9.17, 15) is 4.39 Å². The summed E-state index contributed by atoms with van der Waals surface area (Å²) >= 11 is 5.83. The van der Waals surface area contributed by atoms with Crippen LogP contribution in [0.4, 0.5) is 4.39 Å². The van der Waals surface area contributed by atoms with Crippen LogP contribution in [0.15, 0.2) is 18.5 Å². The summed E-state index contributed by atoms with van der Waals surface area (Å²) in [4.78, 5) is 11.0. The molecule has 0 saturated carbocycles. The van der Waals surface area contributed by atoms with E-state index < -0.39 is 0 Å². The van der Waals surface area contributed by atoms with Crippen LogP contribution in [0.3, 0.4) is 0 Å². The maximum absolute atomic E-state index is 13.4. The maximum atomic E-state index is 13.4. The second-order valence-electron chi connectivity index (χ2n) is 3.63.